The third-order valence-electron chi connectivity index (χ3n) is 3.47. The lowest BCUT2D eigenvalue weighted by molar-refractivity contribution is -0.00423. The van der Waals surface area contributed by atoms with Gasteiger partial charge in [-0.3, -0.25) is 9.69 Å². The number of Topliss-reactive ketones (excluding diaryl/α,β-unsaturated/α-hetero) is 1. The zero-order chi connectivity index (χ0) is 13.2. The third kappa shape index (κ3) is 3.15. The Morgan fingerprint density at radius 2 is 2.00 bits per heavy atom. The normalized spacial score (nSPS) is 19.7. The van der Waals surface area contributed by atoms with Gasteiger partial charge in [-0.05, 0) is 31.9 Å². The monoisotopic (exact) mass is 251 g/mol. The SMILES string of the molecule is CC1(O)CCN(CC(=O)c2ccccc2F)CC1. The van der Waals surface area contributed by atoms with Crippen molar-refractivity contribution in [2.45, 2.75) is 25.4 Å². The number of nitrogens with zero attached hydrogens (tertiary/aromatic N) is 1. The number of ketones is 1. The van der Waals surface area contributed by atoms with Gasteiger partial charge in [0.05, 0.1) is 17.7 Å². The molecule has 1 saturated heterocycles. The molecule has 0 saturated carbocycles. The van der Waals surface area contributed by atoms with E-state index >= 15 is 0 Å². The molecule has 18 heavy (non-hydrogen) atoms. The van der Waals surface area contributed by atoms with E-state index in [4.69, 9.17) is 0 Å². The summed E-state index contributed by atoms with van der Waals surface area (Å²) in [4.78, 5) is 13.9. The third-order valence-corrected chi connectivity index (χ3v) is 3.47. The molecule has 1 aliphatic rings. The Kier molecular flexibility index (Phi) is 3.78. The van der Waals surface area contributed by atoms with Crippen molar-refractivity contribution in [1.82, 2.24) is 4.90 Å². The maximum Gasteiger partial charge on any atom is 0.179 e. The van der Waals surface area contributed by atoms with Crippen LogP contribution in [0.3, 0.4) is 0 Å². The van der Waals surface area contributed by atoms with E-state index in [2.05, 4.69) is 0 Å². The van der Waals surface area contributed by atoms with Crippen molar-refractivity contribution in [1.29, 1.82) is 0 Å². The van der Waals surface area contributed by atoms with Crippen molar-refractivity contribution < 1.29 is 14.3 Å². The van der Waals surface area contributed by atoms with Gasteiger partial charge in [-0.2, -0.15) is 0 Å². The van der Waals surface area contributed by atoms with E-state index in [-0.39, 0.29) is 17.9 Å². The van der Waals surface area contributed by atoms with Crippen LogP contribution in [0, 0.1) is 5.82 Å². The van der Waals surface area contributed by atoms with Crippen molar-refractivity contribution >= 4 is 5.78 Å². The first-order valence-corrected chi connectivity index (χ1v) is 6.20. The fraction of sp³-hybridized carbons (Fsp3) is 0.500. The summed E-state index contributed by atoms with van der Waals surface area (Å²) in [6.07, 6.45) is 1.30. The van der Waals surface area contributed by atoms with Crippen LogP contribution in [0.15, 0.2) is 24.3 Å². The lowest BCUT2D eigenvalue weighted by Gasteiger charge is -2.35. The van der Waals surface area contributed by atoms with Gasteiger partial charge in [0.1, 0.15) is 5.82 Å². The van der Waals surface area contributed by atoms with E-state index in [9.17, 15) is 14.3 Å². The minimum atomic E-state index is -0.627. The Labute approximate surface area is 106 Å². The summed E-state index contributed by atoms with van der Waals surface area (Å²) in [5.41, 5.74) is -0.479. The predicted octanol–water partition coefficient (Wildman–Crippen LogP) is 1.86. The maximum absolute atomic E-state index is 13.4. The number of rotatable bonds is 3. The molecule has 0 spiro atoms. The van der Waals surface area contributed by atoms with Gasteiger partial charge in [-0.25, -0.2) is 4.39 Å². The molecule has 98 valence electrons. The van der Waals surface area contributed by atoms with Crippen molar-refractivity contribution in [3.05, 3.63) is 35.6 Å². The molecular formula is C14H18FNO2. The summed E-state index contributed by atoms with van der Waals surface area (Å²) >= 11 is 0. The van der Waals surface area contributed by atoms with E-state index in [0.717, 1.165) is 0 Å². The number of hydrogen-bond acceptors (Lipinski definition) is 3. The lowest BCUT2D eigenvalue weighted by Crippen LogP contribution is -2.44. The van der Waals surface area contributed by atoms with Crippen molar-refractivity contribution in [2.24, 2.45) is 0 Å². The second-order valence-corrected chi connectivity index (χ2v) is 5.18. The van der Waals surface area contributed by atoms with Crippen LogP contribution in [0.25, 0.3) is 0 Å². The van der Waals surface area contributed by atoms with E-state index in [1.807, 2.05) is 11.8 Å². The van der Waals surface area contributed by atoms with Crippen molar-refractivity contribution in [3.8, 4) is 0 Å². The Bertz CT molecular complexity index is 435. The van der Waals surface area contributed by atoms with E-state index in [1.54, 1.807) is 12.1 Å². The van der Waals surface area contributed by atoms with Gasteiger partial charge in [0.25, 0.3) is 0 Å². The average molecular weight is 251 g/mol. The largest absolute Gasteiger partial charge is 0.390 e. The highest BCUT2D eigenvalue weighted by atomic mass is 19.1. The second kappa shape index (κ2) is 5.16. The predicted molar refractivity (Wildman–Crippen MR) is 67.0 cm³/mol. The average Bonchev–Trinajstić information content (AvgIpc) is 2.32. The van der Waals surface area contributed by atoms with Gasteiger partial charge in [0.15, 0.2) is 5.78 Å². The quantitative estimate of drug-likeness (QED) is 0.834. The Balaban J connectivity index is 1.95. The van der Waals surface area contributed by atoms with Crippen LogP contribution in [-0.4, -0.2) is 41.0 Å². The maximum atomic E-state index is 13.4. The molecule has 4 heteroatoms. The molecule has 0 radical (unpaired) electrons. The molecule has 0 amide bonds. The number of likely N-dealkylation sites (tertiary alicyclic amines) is 1. The van der Waals surface area contributed by atoms with Crippen molar-refractivity contribution in [2.75, 3.05) is 19.6 Å². The molecule has 2 rings (SSSR count). The standard InChI is InChI=1S/C14H18FNO2/c1-14(18)6-8-16(9-7-14)10-13(17)11-4-2-3-5-12(11)15/h2-5,18H,6-10H2,1H3. The molecule has 1 aromatic carbocycles. The first-order valence-electron chi connectivity index (χ1n) is 6.20. The second-order valence-electron chi connectivity index (χ2n) is 5.18. The van der Waals surface area contributed by atoms with E-state index in [1.165, 1.54) is 12.1 Å². The van der Waals surface area contributed by atoms with Crippen LogP contribution in [0.2, 0.25) is 0 Å². The molecule has 1 N–H and O–H groups in total. The summed E-state index contributed by atoms with van der Waals surface area (Å²) < 4.78 is 13.4. The Morgan fingerprint density at radius 3 is 2.61 bits per heavy atom. The van der Waals surface area contributed by atoms with Gasteiger partial charge >= 0.3 is 0 Å². The van der Waals surface area contributed by atoms with E-state index in [0.29, 0.717) is 25.9 Å². The van der Waals surface area contributed by atoms with Gasteiger partial charge in [-0.1, -0.05) is 12.1 Å². The fourth-order valence-electron chi connectivity index (χ4n) is 2.17. The molecule has 3 nitrogen and oxygen atoms in total. The van der Waals surface area contributed by atoms with Crippen LogP contribution in [0.1, 0.15) is 30.1 Å². The summed E-state index contributed by atoms with van der Waals surface area (Å²) in [6, 6.07) is 6.05. The number of carbonyl (C=O) groups is 1. The van der Waals surface area contributed by atoms with Crippen LogP contribution >= 0.6 is 0 Å². The number of carbonyl (C=O) groups excluding carboxylic acids is 1. The van der Waals surface area contributed by atoms with Crippen LogP contribution < -0.4 is 0 Å². The zero-order valence-corrected chi connectivity index (χ0v) is 10.5. The minimum Gasteiger partial charge on any atom is -0.390 e. The lowest BCUT2D eigenvalue weighted by atomic mass is 9.93. The molecule has 0 aromatic heterocycles. The number of piperidine rings is 1. The summed E-state index contributed by atoms with van der Waals surface area (Å²) in [7, 11) is 0. The molecule has 0 aliphatic carbocycles. The number of halogens is 1. The van der Waals surface area contributed by atoms with Gasteiger partial charge in [-0.15, -0.1) is 0 Å². The van der Waals surface area contributed by atoms with Crippen LogP contribution in [0.5, 0.6) is 0 Å². The highest BCUT2D eigenvalue weighted by Crippen LogP contribution is 2.21. The van der Waals surface area contributed by atoms with Gasteiger partial charge in [0, 0.05) is 13.1 Å². The Morgan fingerprint density at radius 1 is 1.39 bits per heavy atom. The molecule has 1 aliphatic heterocycles. The van der Waals surface area contributed by atoms with E-state index < -0.39 is 11.4 Å². The molecule has 0 bridgehead atoms. The topological polar surface area (TPSA) is 40.5 Å². The fourth-order valence-corrected chi connectivity index (χ4v) is 2.17. The molecule has 0 atom stereocenters. The highest BCUT2D eigenvalue weighted by molar-refractivity contribution is 5.97. The number of aliphatic hydroxyl groups is 1. The highest BCUT2D eigenvalue weighted by Gasteiger charge is 2.28. The zero-order valence-electron chi connectivity index (χ0n) is 10.5. The first-order chi connectivity index (χ1) is 8.48. The molecule has 0 unspecified atom stereocenters. The summed E-state index contributed by atoms with van der Waals surface area (Å²) in [5.74, 6) is -0.666. The smallest absolute Gasteiger partial charge is 0.179 e. The molecule has 1 fully saturated rings. The van der Waals surface area contributed by atoms with Gasteiger partial charge in [0.2, 0.25) is 0 Å². The van der Waals surface area contributed by atoms with Crippen LogP contribution in [-0.2, 0) is 0 Å². The van der Waals surface area contributed by atoms with Gasteiger partial charge < -0.3 is 5.11 Å². The van der Waals surface area contributed by atoms with Crippen LogP contribution in [0.4, 0.5) is 4.39 Å². The summed E-state index contributed by atoms with van der Waals surface area (Å²) in [5, 5.41) is 9.82. The summed E-state index contributed by atoms with van der Waals surface area (Å²) in [6.45, 7) is 3.38. The minimum absolute atomic E-state index is 0.148. The Hall–Kier alpha value is -1.26. The van der Waals surface area contributed by atoms with Crippen molar-refractivity contribution in [3.63, 3.8) is 0 Å². The number of hydrogen-bond donors (Lipinski definition) is 1. The molecular weight excluding hydrogens is 233 g/mol. The molecule has 1 heterocycles. The molecule has 1 aromatic rings. The first kappa shape index (κ1) is 13.2. The number of benzene rings is 1.